The molecular formula is C20H33ClN2O3. The molecule has 0 bridgehead atoms. The van der Waals surface area contributed by atoms with Crippen LogP contribution in [-0.4, -0.2) is 56.6 Å². The highest BCUT2D eigenvalue weighted by atomic mass is 35.5. The van der Waals surface area contributed by atoms with Gasteiger partial charge in [0, 0.05) is 31.6 Å². The molecule has 0 atom stereocenters. The zero-order valence-electron chi connectivity index (χ0n) is 16.5. The lowest BCUT2D eigenvalue weighted by Crippen LogP contribution is -2.41. The third-order valence-corrected chi connectivity index (χ3v) is 5.04. The summed E-state index contributed by atoms with van der Waals surface area (Å²) in [6.07, 6.45) is 4.07. The van der Waals surface area contributed by atoms with E-state index in [0.717, 1.165) is 68.9 Å². The molecule has 1 fully saturated rings. The van der Waals surface area contributed by atoms with E-state index in [1.165, 1.54) is 0 Å². The maximum atomic E-state index is 12.5. The number of hydrogen-bond donors (Lipinski definition) is 0. The van der Waals surface area contributed by atoms with Crippen molar-refractivity contribution in [2.24, 2.45) is 5.92 Å². The molecule has 0 aliphatic carbocycles. The highest BCUT2D eigenvalue weighted by molar-refractivity contribution is 5.85. The second-order valence-electron chi connectivity index (χ2n) is 6.82. The fourth-order valence-corrected chi connectivity index (χ4v) is 3.47. The number of para-hydroxylation sites is 1. The van der Waals surface area contributed by atoms with Gasteiger partial charge in [0.15, 0.2) is 11.5 Å². The molecule has 0 unspecified atom stereocenters. The third-order valence-electron chi connectivity index (χ3n) is 5.04. The fourth-order valence-electron chi connectivity index (χ4n) is 3.47. The molecule has 2 rings (SSSR count). The summed E-state index contributed by atoms with van der Waals surface area (Å²) < 4.78 is 10.9. The van der Waals surface area contributed by atoms with Crippen molar-refractivity contribution in [3.8, 4) is 11.5 Å². The van der Waals surface area contributed by atoms with E-state index >= 15 is 0 Å². The van der Waals surface area contributed by atoms with Crippen molar-refractivity contribution in [2.75, 3.05) is 40.9 Å². The smallest absolute Gasteiger partial charge is 0.225 e. The van der Waals surface area contributed by atoms with Crippen LogP contribution in [0.3, 0.4) is 0 Å². The van der Waals surface area contributed by atoms with E-state index in [1.807, 2.05) is 24.1 Å². The van der Waals surface area contributed by atoms with Crippen molar-refractivity contribution in [3.63, 3.8) is 0 Å². The number of ether oxygens (including phenoxy) is 2. The second kappa shape index (κ2) is 11.3. The average molecular weight is 385 g/mol. The summed E-state index contributed by atoms with van der Waals surface area (Å²) in [6.45, 7) is 5.74. The minimum atomic E-state index is 0. The first-order valence-corrected chi connectivity index (χ1v) is 9.27. The lowest BCUT2D eigenvalue weighted by atomic mass is 9.95. The Morgan fingerprint density at radius 2 is 1.92 bits per heavy atom. The van der Waals surface area contributed by atoms with E-state index in [2.05, 4.69) is 17.9 Å². The van der Waals surface area contributed by atoms with Gasteiger partial charge in [0.25, 0.3) is 0 Å². The minimum absolute atomic E-state index is 0. The summed E-state index contributed by atoms with van der Waals surface area (Å²) in [5.41, 5.74) is 1.13. The van der Waals surface area contributed by atoms with Gasteiger partial charge in [0.05, 0.1) is 14.2 Å². The van der Waals surface area contributed by atoms with Gasteiger partial charge in [-0.1, -0.05) is 25.5 Å². The first-order chi connectivity index (χ1) is 12.1. The molecule has 6 heteroatoms. The molecule has 0 radical (unpaired) electrons. The maximum absolute atomic E-state index is 12.5. The number of halogens is 1. The Morgan fingerprint density at radius 3 is 2.50 bits per heavy atom. The molecule has 1 aromatic carbocycles. The summed E-state index contributed by atoms with van der Waals surface area (Å²) in [4.78, 5) is 16.8. The number of amides is 1. The van der Waals surface area contributed by atoms with Crippen LogP contribution in [0.1, 0.15) is 38.2 Å². The van der Waals surface area contributed by atoms with Crippen LogP contribution in [0.2, 0.25) is 0 Å². The first kappa shape index (κ1) is 22.6. The van der Waals surface area contributed by atoms with Gasteiger partial charge in [-0.2, -0.15) is 0 Å². The van der Waals surface area contributed by atoms with Gasteiger partial charge in [-0.15, -0.1) is 12.4 Å². The quantitative estimate of drug-likeness (QED) is 0.686. The molecule has 1 aromatic rings. The van der Waals surface area contributed by atoms with Crippen LogP contribution in [0.4, 0.5) is 0 Å². The molecule has 1 aliphatic heterocycles. The number of piperidine rings is 1. The number of hydrogen-bond acceptors (Lipinski definition) is 4. The van der Waals surface area contributed by atoms with Gasteiger partial charge < -0.3 is 14.4 Å². The molecule has 0 N–H and O–H groups in total. The topological polar surface area (TPSA) is 42.0 Å². The van der Waals surface area contributed by atoms with E-state index in [4.69, 9.17) is 9.47 Å². The largest absolute Gasteiger partial charge is 0.493 e. The van der Waals surface area contributed by atoms with E-state index in [1.54, 1.807) is 14.2 Å². The van der Waals surface area contributed by atoms with Crippen molar-refractivity contribution in [1.82, 2.24) is 9.80 Å². The number of benzene rings is 1. The fraction of sp³-hybridized carbons (Fsp3) is 0.650. The lowest BCUT2D eigenvalue weighted by molar-refractivity contribution is -0.135. The number of carbonyl (C=O) groups is 1. The number of carbonyl (C=O) groups excluding carboxylic acids is 1. The van der Waals surface area contributed by atoms with Crippen molar-refractivity contribution in [3.05, 3.63) is 23.8 Å². The Kier molecular flexibility index (Phi) is 9.81. The summed E-state index contributed by atoms with van der Waals surface area (Å²) in [7, 11) is 5.28. The monoisotopic (exact) mass is 384 g/mol. The van der Waals surface area contributed by atoms with Crippen molar-refractivity contribution >= 4 is 18.3 Å². The Hall–Kier alpha value is -1.46. The van der Waals surface area contributed by atoms with Crippen LogP contribution in [0, 0.1) is 5.92 Å². The molecule has 0 saturated carbocycles. The third kappa shape index (κ3) is 5.78. The van der Waals surface area contributed by atoms with Gasteiger partial charge in [-0.3, -0.25) is 9.69 Å². The zero-order valence-corrected chi connectivity index (χ0v) is 17.3. The molecule has 0 aromatic heterocycles. The Labute approximate surface area is 164 Å². The predicted molar refractivity (Wildman–Crippen MR) is 107 cm³/mol. The van der Waals surface area contributed by atoms with Crippen LogP contribution in [-0.2, 0) is 11.3 Å². The summed E-state index contributed by atoms with van der Waals surface area (Å²) >= 11 is 0. The van der Waals surface area contributed by atoms with Gasteiger partial charge in [-0.05, 0) is 38.4 Å². The Bertz CT molecular complexity index is 560. The summed E-state index contributed by atoms with van der Waals surface area (Å²) in [5, 5.41) is 0. The molecule has 26 heavy (non-hydrogen) atoms. The first-order valence-electron chi connectivity index (χ1n) is 9.27. The average Bonchev–Trinajstić information content (AvgIpc) is 2.65. The molecule has 1 saturated heterocycles. The minimum Gasteiger partial charge on any atom is -0.493 e. The predicted octanol–water partition coefficient (Wildman–Crippen LogP) is 3.60. The number of nitrogens with zero attached hydrogens (tertiary/aromatic N) is 2. The summed E-state index contributed by atoms with van der Waals surface area (Å²) in [6, 6.07) is 5.99. The molecule has 1 amide bonds. The maximum Gasteiger partial charge on any atom is 0.225 e. The van der Waals surface area contributed by atoms with Crippen molar-refractivity contribution < 1.29 is 14.3 Å². The SMILES string of the molecule is CCCCN(C)C(=O)C1CCN(Cc2cccc(OC)c2OC)CC1.Cl. The lowest BCUT2D eigenvalue weighted by Gasteiger charge is -2.33. The van der Waals surface area contributed by atoms with E-state index in [9.17, 15) is 4.79 Å². The van der Waals surface area contributed by atoms with Gasteiger partial charge in [-0.25, -0.2) is 0 Å². The molecule has 1 heterocycles. The van der Waals surface area contributed by atoms with E-state index in [0.29, 0.717) is 5.91 Å². The van der Waals surface area contributed by atoms with Gasteiger partial charge in [0.1, 0.15) is 0 Å². The van der Waals surface area contributed by atoms with E-state index < -0.39 is 0 Å². The van der Waals surface area contributed by atoms with Gasteiger partial charge in [0.2, 0.25) is 5.91 Å². The Balaban J connectivity index is 0.00000338. The highest BCUT2D eigenvalue weighted by Crippen LogP contribution is 2.32. The number of unbranched alkanes of at least 4 members (excludes halogenated alkanes) is 1. The number of likely N-dealkylation sites (tertiary alicyclic amines) is 1. The molecule has 1 aliphatic rings. The normalized spacial score (nSPS) is 15.2. The van der Waals surface area contributed by atoms with Crippen molar-refractivity contribution in [2.45, 2.75) is 39.2 Å². The van der Waals surface area contributed by atoms with Crippen LogP contribution < -0.4 is 9.47 Å². The Morgan fingerprint density at radius 1 is 1.23 bits per heavy atom. The number of rotatable bonds is 8. The number of methoxy groups -OCH3 is 2. The van der Waals surface area contributed by atoms with Crippen LogP contribution >= 0.6 is 12.4 Å². The highest BCUT2D eigenvalue weighted by Gasteiger charge is 2.27. The molecule has 148 valence electrons. The van der Waals surface area contributed by atoms with Crippen LogP contribution in [0.25, 0.3) is 0 Å². The molecule has 0 spiro atoms. The molecule has 5 nitrogen and oxygen atoms in total. The van der Waals surface area contributed by atoms with Crippen LogP contribution in [0.15, 0.2) is 18.2 Å². The van der Waals surface area contributed by atoms with Crippen LogP contribution in [0.5, 0.6) is 11.5 Å². The zero-order chi connectivity index (χ0) is 18.2. The molecular weight excluding hydrogens is 352 g/mol. The summed E-state index contributed by atoms with van der Waals surface area (Å²) in [5.74, 6) is 2.06. The van der Waals surface area contributed by atoms with Gasteiger partial charge >= 0.3 is 0 Å². The second-order valence-corrected chi connectivity index (χ2v) is 6.82. The van der Waals surface area contributed by atoms with E-state index in [-0.39, 0.29) is 18.3 Å². The standard InChI is InChI=1S/C20H32N2O3.ClH/c1-5-6-12-21(2)20(23)16-10-13-22(14-11-16)15-17-8-7-9-18(24-3)19(17)25-4;/h7-9,16H,5-6,10-15H2,1-4H3;1H. The van der Waals surface area contributed by atoms with Crippen molar-refractivity contribution in [1.29, 1.82) is 0 Å².